The molecule has 1 aromatic heterocycles. The molecule has 16 heavy (non-hydrogen) atoms. The fourth-order valence-corrected chi connectivity index (χ4v) is 1.17. The largest absolute Gasteiger partial charge is 0.387 e. The van der Waals surface area contributed by atoms with Gasteiger partial charge in [-0.05, 0) is 6.42 Å². The number of hydrogen-bond donors (Lipinski definition) is 5. The number of aromatic nitrogens is 2. The lowest BCUT2D eigenvalue weighted by Crippen LogP contribution is -2.27. The van der Waals surface area contributed by atoms with Gasteiger partial charge in [-0.25, -0.2) is 4.98 Å². The van der Waals surface area contributed by atoms with Crippen molar-refractivity contribution in [2.45, 2.75) is 31.8 Å². The van der Waals surface area contributed by atoms with Crippen LogP contribution >= 0.6 is 0 Å². The zero-order valence-electron chi connectivity index (χ0n) is 8.71. The number of aliphatic hydroxyl groups excluding tert-OH is 1. The molecule has 0 saturated carbocycles. The molecular weight excluding hydrogens is 216 g/mol. The van der Waals surface area contributed by atoms with Gasteiger partial charge in [0.2, 0.25) is 0 Å². The Morgan fingerprint density at radius 2 is 2.19 bits per heavy atom. The van der Waals surface area contributed by atoms with E-state index in [1.165, 1.54) is 13.1 Å². The van der Waals surface area contributed by atoms with Gasteiger partial charge in [-0.2, -0.15) is 0 Å². The highest BCUT2D eigenvalue weighted by Crippen LogP contribution is 2.19. The van der Waals surface area contributed by atoms with Crippen LogP contribution in [0.2, 0.25) is 0 Å². The molecule has 1 heterocycles. The lowest BCUT2D eigenvalue weighted by atomic mass is 10.1. The molecule has 0 saturated heterocycles. The van der Waals surface area contributed by atoms with E-state index in [9.17, 15) is 9.90 Å². The second-order valence-corrected chi connectivity index (χ2v) is 3.57. The molecule has 0 aromatic carbocycles. The smallest absolute Gasteiger partial charge is 0.275 e. The first kappa shape index (κ1) is 12.8. The van der Waals surface area contributed by atoms with Crippen LogP contribution in [0.15, 0.2) is 6.20 Å². The maximum atomic E-state index is 10.9. The average Bonchev–Trinajstić information content (AvgIpc) is 2.61. The summed E-state index contributed by atoms with van der Waals surface area (Å²) in [6.07, 6.45) is -0.257. The standard InChI is InChI=1S/C9H14N2O5/c1-5(12)8-10-4-6(11-8)7(13)2-3-9(14,15)16/h4,7,13-16H,2-3H2,1H3,(H,10,11). The summed E-state index contributed by atoms with van der Waals surface area (Å²) in [5.74, 6) is -2.94. The Kier molecular flexibility index (Phi) is 3.76. The molecule has 0 aliphatic heterocycles. The van der Waals surface area contributed by atoms with Crippen molar-refractivity contribution in [3.8, 4) is 0 Å². The fourth-order valence-electron chi connectivity index (χ4n) is 1.17. The summed E-state index contributed by atoms with van der Waals surface area (Å²) in [5, 5.41) is 35.4. The molecule has 1 atom stereocenters. The van der Waals surface area contributed by atoms with Crippen molar-refractivity contribution in [1.29, 1.82) is 0 Å². The minimum Gasteiger partial charge on any atom is -0.387 e. The molecule has 1 unspecified atom stereocenters. The minimum atomic E-state index is -2.80. The van der Waals surface area contributed by atoms with Crippen molar-refractivity contribution in [3.63, 3.8) is 0 Å². The third kappa shape index (κ3) is 3.70. The number of rotatable bonds is 5. The molecule has 1 aromatic rings. The molecular formula is C9H14N2O5. The maximum absolute atomic E-state index is 10.9. The highest BCUT2D eigenvalue weighted by Gasteiger charge is 2.21. The molecule has 0 amide bonds. The Bertz CT molecular complexity index is 368. The predicted octanol–water partition coefficient (Wildman–Crippen LogP) is -0.943. The molecule has 0 spiro atoms. The summed E-state index contributed by atoms with van der Waals surface area (Å²) >= 11 is 0. The van der Waals surface area contributed by atoms with Gasteiger partial charge in [0.25, 0.3) is 5.97 Å². The summed E-state index contributed by atoms with van der Waals surface area (Å²) in [6.45, 7) is 1.33. The first-order valence-corrected chi connectivity index (χ1v) is 4.70. The van der Waals surface area contributed by atoms with Crippen LogP contribution < -0.4 is 0 Å². The van der Waals surface area contributed by atoms with Crippen molar-refractivity contribution in [2.24, 2.45) is 0 Å². The highest BCUT2D eigenvalue weighted by molar-refractivity contribution is 5.90. The van der Waals surface area contributed by atoms with Gasteiger partial charge in [-0.3, -0.25) is 4.79 Å². The maximum Gasteiger partial charge on any atom is 0.275 e. The van der Waals surface area contributed by atoms with Gasteiger partial charge in [0.15, 0.2) is 11.6 Å². The molecule has 5 N–H and O–H groups in total. The number of Topliss-reactive ketones (excluding diaryl/α,β-unsaturated/α-hetero) is 1. The first-order chi connectivity index (χ1) is 7.29. The lowest BCUT2D eigenvalue weighted by Gasteiger charge is -2.15. The van der Waals surface area contributed by atoms with E-state index in [2.05, 4.69) is 9.97 Å². The number of nitrogens with zero attached hydrogens (tertiary/aromatic N) is 1. The summed E-state index contributed by atoms with van der Waals surface area (Å²) in [5.41, 5.74) is 0.287. The van der Waals surface area contributed by atoms with Crippen LogP contribution in [-0.4, -0.2) is 42.2 Å². The van der Waals surface area contributed by atoms with Crippen molar-refractivity contribution in [3.05, 3.63) is 17.7 Å². The van der Waals surface area contributed by atoms with Crippen LogP contribution in [0.5, 0.6) is 0 Å². The number of aromatic amines is 1. The molecule has 0 fully saturated rings. The minimum absolute atomic E-state index is 0.0803. The molecule has 0 radical (unpaired) electrons. The monoisotopic (exact) mass is 230 g/mol. The number of hydrogen-bond acceptors (Lipinski definition) is 6. The van der Waals surface area contributed by atoms with Crippen molar-refractivity contribution >= 4 is 5.78 Å². The molecule has 0 aliphatic carbocycles. The fraction of sp³-hybridized carbons (Fsp3) is 0.556. The van der Waals surface area contributed by atoms with Gasteiger partial charge in [0, 0.05) is 13.3 Å². The van der Waals surface area contributed by atoms with E-state index in [0.29, 0.717) is 0 Å². The lowest BCUT2D eigenvalue weighted by molar-refractivity contribution is -0.316. The van der Waals surface area contributed by atoms with Gasteiger partial charge >= 0.3 is 0 Å². The SMILES string of the molecule is CC(=O)c1ncc(C(O)CCC(O)(O)O)[nH]1. The predicted molar refractivity (Wildman–Crippen MR) is 52.2 cm³/mol. The van der Waals surface area contributed by atoms with Crippen LogP contribution in [0.4, 0.5) is 0 Å². The van der Waals surface area contributed by atoms with Crippen LogP contribution in [0.25, 0.3) is 0 Å². The van der Waals surface area contributed by atoms with Crippen molar-refractivity contribution in [2.75, 3.05) is 0 Å². The topological polar surface area (TPSA) is 127 Å². The second-order valence-electron chi connectivity index (χ2n) is 3.57. The van der Waals surface area contributed by atoms with Gasteiger partial charge in [-0.15, -0.1) is 0 Å². The summed E-state index contributed by atoms with van der Waals surface area (Å²) in [7, 11) is 0. The van der Waals surface area contributed by atoms with Crippen LogP contribution in [-0.2, 0) is 0 Å². The van der Waals surface area contributed by atoms with E-state index in [4.69, 9.17) is 15.3 Å². The zero-order valence-corrected chi connectivity index (χ0v) is 8.71. The summed E-state index contributed by atoms with van der Waals surface area (Å²) < 4.78 is 0. The Morgan fingerprint density at radius 3 is 2.62 bits per heavy atom. The molecule has 7 nitrogen and oxygen atoms in total. The van der Waals surface area contributed by atoms with Crippen LogP contribution in [0, 0.1) is 0 Å². The third-order valence-electron chi connectivity index (χ3n) is 2.04. The number of ketones is 1. The van der Waals surface area contributed by atoms with E-state index in [0.717, 1.165) is 0 Å². The average molecular weight is 230 g/mol. The highest BCUT2D eigenvalue weighted by atomic mass is 16.7. The van der Waals surface area contributed by atoms with Crippen molar-refractivity contribution < 1.29 is 25.2 Å². The Labute approximate surface area is 91.4 Å². The van der Waals surface area contributed by atoms with E-state index >= 15 is 0 Å². The Hall–Kier alpha value is -1.28. The van der Waals surface area contributed by atoms with Gasteiger partial charge in [-0.1, -0.05) is 0 Å². The van der Waals surface area contributed by atoms with E-state index in [-0.39, 0.29) is 23.7 Å². The van der Waals surface area contributed by atoms with Gasteiger partial charge < -0.3 is 25.4 Å². The number of carbonyl (C=O) groups excluding carboxylic acids is 1. The number of aliphatic hydroxyl groups is 4. The Balaban J connectivity index is 2.59. The number of H-pyrrole nitrogens is 1. The van der Waals surface area contributed by atoms with Crippen LogP contribution in [0.3, 0.4) is 0 Å². The molecule has 1 rings (SSSR count). The first-order valence-electron chi connectivity index (χ1n) is 4.70. The summed E-state index contributed by atoms with van der Waals surface area (Å²) in [6, 6.07) is 0. The normalized spacial score (nSPS) is 13.8. The van der Waals surface area contributed by atoms with Gasteiger partial charge in [0.1, 0.15) is 0 Å². The number of nitrogens with one attached hydrogen (secondary N) is 1. The van der Waals surface area contributed by atoms with Crippen molar-refractivity contribution in [1.82, 2.24) is 9.97 Å². The van der Waals surface area contributed by atoms with E-state index < -0.39 is 18.5 Å². The zero-order chi connectivity index (χ0) is 12.3. The number of imidazole rings is 1. The molecule has 90 valence electrons. The summed E-state index contributed by atoms with van der Waals surface area (Å²) in [4.78, 5) is 17.2. The van der Waals surface area contributed by atoms with E-state index in [1.54, 1.807) is 0 Å². The molecule has 0 bridgehead atoms. The van der Waals surface area contributed by atoms with E-state index in [1.807, 2.05) is 0 Å². The van der Waals surface area contributed by atoms with Crippen LogP contribution in [0.1, 0.15) is 42.2 Å². The third-order valence-corrected chi connectivity index (χ3v) is 2.04. The Morgan fingerprint density at radius 1 is 1.56 bits per heavy atom. The molecule has 7 heteroatoms. The van der Waals surface area contributed by atoms with Gasteiger partial charge in [0.05, 0.1) is 18.0 Å². The number of carbonyl (C=O) groups is 1. The second kappa shape index (κ2) is 4.71. The quantitative estimate of drug-likeness (QED) is 0.328. The molecule has 0 aliphatic rings.